The van der Waals surface area contributed by atoms with Gasteiger partial charge in [-0.15, -0.1) is 0 Å². The van der Waals surface area contributed by atoms with E-state index in [0.29, 0.717) is 0 Å². The van der Waals surface area contributed by atoms with Gasteiger partial charge in [0.15, 0.2) is 0 Å². The average molecular weight is 346 g/mol. The van der Waals surface area contributed by atoms with Crippen molar-refractivity contribution in [3.8, 4) is 0 Å². The number of likely N-dealkylation sites (N-methyl/N-ethyl adjacent to an activating group) is 1. The van der Waals surface area contributed by atoms with Gasteiger partial charge in [0, 0.05) is 6.04 Å². The Bertz CT molecular complexity index is 345. The lowest BCUT2D eigenvalue weighted by Crippen LogP contribution is -2.50. The van der Waals surface area contributed by atoms with Crippen molar-refractivity contribution in [3.05, 3.63) is 33.9 Å². The molecular formula is C17H32BrNO. The lowest BCUT2D eigenvalue weighted by atomic mass is 9.80. The highest BCUT2D eigenvalue weighted by Crippen LogP contribution is 2.31. The molecular weight excluding hydrogens is 314 g/mol. The first-order valence-electron chi connectivity index (χ1n) is 7.03. The fraction of sp³-hybridized carbons (Fsp3) is 0.647. The van der Waals surface area contributed by atoms with E-state index in [1.54, 1.807) is 0 Å². The fourth-order valence-electron chi connectivity index (χ4n) is 1.78. The molecule has 0 aromatic carbocycles. The summed E-state index contributed by atoms with van der Waals surface area (Å²) in [7, 11) is 3.98. The van der Waals surface area contributed by atoms with E-state index in [4.69, 9.17) is 0 Å². The Morgan fingerprint density at radius 3 is 1.45 bits per heavy atom. The molecule has 1 N–H and O–H groups in total. The minimum absolute atomic E-state index is 0.0601. The van der Waals surface area contributed by atoms with Crippen molar-refractivity contribution in [2.75, 3.05) is 14.1 Å². The smallest absolute Gasteiger partial charge is 0.121 e. The molecule has 1 atom stereocenters. The monoisotopic (exact) mass is 345 g/mol. The van der Waals surface area contributed by atoms with E-state index in [1.807, 2.05) is 85.7 Å². The zero-order valence-corrected chi connectivity index (χ0v) is 16.2. The van der Waals surface area contributed by atoms with E-state index in [9.17, 15) is 5.11 Å². The summed E-state index contributed by atoms with van der Waals surface area (Å²) in [6.45, 7) is 13.9. The van der Waals surface area contributed by atoms with Gasteiger partial charge in [-0.2, -0.15) is 0 Å². The minimum Gasteiger partial charge on any atom is -0.379 e. The van der Waals surface area contributed by atoms with Crippen LogP contribution < -0.4 is 0 Å². The zero-order valence-electron chi connectivity index (χ0n) is 14.6. The molecule has 0 aromatic rings. The Morgan fingerprint density at radius 1 is 1.00 bits per heavy atom. The first kappa shape index (κ1) is 21.9. The molecule has 0 saturated heterocycles. The first-order valence-corrected chi connectivity index (χ1v) is 7.82. The molecule has 0 aliphatic rings. The average Bonchev–Trinajstić information content (AvgIpc) is 2.43. The van der Waals surface area contributed by atoms with Gasteiger partial charge < -0.3 is 10.0 Å². The summed E-state index contributed by atoms with van der Waals surface area (Å²) in [5.74, 6) is 0. The Kier molecular flexibility index (Phi) is 11.4. The van der Waals surface area contributed by atoms with Crippen molar-refractivity contribution in [3.63, 3.8) is 0 Å². The van der Waals surface area contributed by atoms with Crippen molar-refractivity contribution in [1.82, 2.24) is 4.90 Å². The van der Waals surface area contributed by atoms with Crippen molar-refractivity contribution in [2.45, 2.75) is 60.1 Å². The number of rotatable bonds is 4. The summed E-state index contributed by atoms with van der Waals surface area (Å²) < 4.78 is 1.19. The number of aliphatic hydroxyl groups is 1. The van der Waals surface area contributed by atoms with Crippen LogP contribution in [0.5, 0.6) is 0 Å². The molecule has 0 saturated carbocycles. The third-order valence-corrected chi connectivity index (χ3v) is 4.30. The van der Waals surface area contributed by atoms with Crippen LogP contribution >= 0.6 is 15.9 Å². The number of hydrogen-bond acceptors (Lipinski definition) is 2. The maximum Gasteiger partial charge on any atom is 0.121 e. The quantitative estimate of drug-likeness (QED) is 0.732. The number of nitrogens with zero attached hydrogens (tertiary/aromatic N) is 1. The Hall–Kier alpha value is -0.380. The van der Waals surface area contributed by atoms with Gasteiger partial charge >= 0.3 is 0 Å². The maximum absolute atomic E-state index is 10.8. The van der Waals surface area contributed by atoms with Crippen LogP contribution in [0.3, 0.4) is 0 Å². The standard InChI is InChI=1S/C13H25NO.C4H7Br/c1-8-10(3)13(15,11(4)9-2)12(5)14(6)7;1-3-4(2)5/h8-9,12,15H,1-7H3;3H,1-2H3/b10-8+,11-9+;4-3-. The van der Waals surface area contributed by atoms with Gasteiger partial charge in [0.25, 0.3) is 0 Å². The third-order valence-electron chi connectivity index (χ3n) is 3.85. The summed E-state index contributed by atoms with van der Waals surface area (Å²) in [5, 5.41) is 10.8. The summed E-state index contributed by atoms with van der Waals surface area (Å²) >= 11 is 3.23. The molecule has 20 heavy (non-hydrogen) atoms. The van der Waals surface area contributed by atoms with Crippen LogP contribution in [-0.4, -0.2) is 35.7 Å². The molecule has 0 heterocycles. The SMILES string of the molecule is C/C=C(/C)Br.C/C=C(\C)C(O)(/C(C)=C/C)C(C)N(C)C. The Morgan fingerprint density at radius 2 is 1.30 bits per heavy atom. The van der Waals surface area contributed by atoms with Crippen LogP contribution in [0.1, 0.15) is 48.5 Å². The van der Waals surface area contributed by atoms with Gasteiger partial charge in [-0.1, -0.05) is 34.2 Å². The van der Waals surface area contributed by atoms with Crippen LogP contribution in [0.25, 0.3) is 0 Å². The highest BCUT2D eigenvalue weighted by atomic mass is 79.9. The van der Waals surface area contributed by atoms with Gasteiger partial charge in [0.1, 0.15) is 5.60 Å². The molecule has 0 aliphatic carbocycles. The lowest BCUT2D eigenvalue weighted by Gasteiger charge is -2.40. The topological polar surface area (TPSA) is 23.5 Å². The summed E-state index contributed by atoms with van der Waals surface area (Å²) in [6, 6.07) is 0.0601. The highest BCUT2D eigenvalue weighted by Gasteiger charge is 2.37. The van der Waals surface area contributed by atoms with Crippen LogP contribution in [0, 0.1) is 0 Å². The van der Waals surface area contributed by atoms with Gasteiger partial charge in [-0.3, -0.25) is 0 Å². The lowest BCUT2D eigenvalue weighted by molar-refractivity contribution is 0.0367. The molecule has 0 spiro atoms. The molecule has 0 aliphatic heterocycles. The largest absolute Gasteiger partial charge is 0.379 e. The summed E-state index contributed by atoms with van der Waals surface area (Å²) in [4.78, 5) is 2.04. The number of halogens is 1. The second kappa shape index (κ2) is 10.4. The maximum atomic E-state index is 10.8. The predicted octanol–water partition coefficient (Wildman–Crippen LogP) is 4.91. The van der Waals surface area contributed by atoms with E-state index >= 15 is 0 Å². The van der Waals surface area contributed by atoms with Crippen molar-refractivity contribution >= 4 is 15.9 Å². The zero-order chi connectivity index (χ0) is 16.5. The fourth-order valence-corrected chi connectivity index (χ4v) is 1.78. The van der Waals surface area contributed by atoms with E-state index in [-0.39, 0.29) is 6.04 Å². The second-order valence-corrected chi connectivity index (χ2v) is 6.48. The van der Waals surface area contributed by atoms with Gasteiger partial charge in [0.2, 0.25) is 0 Å². The van der Waals surface area contributed by atoms with Crippen molar-refractivity contribution < 1.29 is 5.11 Å². The highest BCUT2D eigenvalue weighted by molar-refractivity contribution is 9.11. The van der Waals surface area contributed by atoms with Gasteiger partial charge in [0.05, 0.1) is 0 Å². The van der Waals surface area contributed by atoms with Crippen LogP contribution in [0.2, 0.25) is 0 Å². The van der Waals surface area contributed by atoms with Crippen LogP contribution in [-0.2, 0) is 0 Å². The molecule has 0 aromatic heterocycles. The normalized spacial score (nSPS) is 18.3. The van der Waals surface area contributed by atoms with Crippen LogP contribution in [0.15, 0.2) is 33.9 Å². The number of hydrogen-bond donors (Lipinski definition) is 1. The Balaban J connectivity index is 0. The minimum atomic E-state index is -0.854. The molecule has 118 valence electrons. The third kappa shape index (κ3) is 6.38. The van der Waals surface area contributed by atoms with Crippen molar-refractivity contribution in [2.24, 2.45) is 0 Å². The molecule has 0 bridgehead atoms. The molecule has 0 fully saturated rings. The molecule has 1 unspecified atom stereocenters. The predicted molar refractivity (Wildman–Crippen MR) is 95.3 cm³/mol. The number of allylic oxidation sites excluding steroid dienone is 4. The molecule has 0 amide bonds. The molecule has 3 heteroatoms. The van der Waals surface area contributed by atoms with E-state index in [2.05, 4.69) is 15.9 Å². The molecule has 0 rings (SSSR count). The molecule has 0 radical (unpaired) electrons. The van der Waals surface area contributed by atoms with Gasteiger partial charge in [-0.25, -0.2) is 0 Å². The van der Waals surface area contributed by atoms with Crippen LogP contribution in [0.4, 0.5) is 0 Å². The van der Waals surface area contributed by atoms with Gasteiger partial charge in [-0.05, 0) is 78.2 Å². The Labute approximate surface area is 134 Å². The second-order valence-electron chi connectivity index (χ2n) is 5.22. The first-order chi connectivity index (χ1) is 9.09. The van der Waals surface area contributed by atoms with E-state index in [1.165, 1.54) is 4.48 Å². The molecule has 2 nitrogen and oxygen atoms in total. The van der Waals surface area contributed by atoms with E-state index < -0.39 is 5.60 Å². The summed E-state index contributed by atoms with van der Waals surface area (Å²) in [6.07, 6.45) is 5.96. The van der Waals surface area contributed by atoms with Crippen molar-refractivity contribution in [1.29, 1.82) is 0 Å². The van der Waals surface area contributed by atoms with E-state index in [0.717, 1.165) is 11.1 Å². The summed E-state index contributed by atoms with van der Waals surface area (Å²) in [5.41, 5.74) is 1.14.